The third-order valence-corrected chi connectivity index (χ3v) is 4.68. The highest BCUT2D eigenvalue weighted by molar-refractivity contribution is 7.99. The van der Waals surface area contributed by atoms with Gasteiger partial charge < -0.3 is 9.30 Å². The van der Waals surface area contributed by atoms with Crippen LogP contribution in [0.2, 0.25) is 0 Å². The zero-order chi connectivity index (χ0) is 19.6. The first-order chi connectivity index (χ1) is 12.8. The molecule has 3 heterocycles. The molecule has 142 valence electrons. The molecule has 27 heavy (non-hydrogen) atoms. The molecule has 0 radical (unpaired) electrons. The molecule has 0 unspecified atom stereocenters. The van der Waals surface area contributed by atoms with Gasteiger partial charge in [0.05, 0.1) is 23.4 Å². The Bertz CT molecular complexity index is 985. The number of thioether (sulfide) groups is 1. The molecule has 0 atom stereocenters. The van der Waals surface area contributed by atoms with Crippen LogP contribution in [0.1, 0.15) is 12.6 Å². The number of ether oxygens (including phenoxy) is 1. The van der Waals surface area contributed by atoms with E-state index >= 15 is 0 Å². The topological polar surface area (TPSA) is 52.8 Å². The number of pyridine rings is 2. The predicted octanol–water partition coefficient (Wildman–Crippen LogP) is 4.73. The van der Waals surface area contributed by atoms with Crippen LogP contribution in [0.3, 0.4) is 0 Å². The number of aryl methyl sites for hydroxylation is 1. The first kappa shape index (κ1) is 19.2. The van der Waals surface area contributed by atoms with Gasteiger partial charge in [-0.1, -0.05) is 19.6 Å². The van der Waals surface area contributed by atoms with Crippen molar-refractivity contribution in [1.29, 1.82) is 0 Å². The lowest BCUT2D eigenvalue weighted by Crippen LogP contribution is -2.07. The lowest BCUT2D eigenvalue weighted by molar-refractivity contribution is -0.141. The van der Waals surface area contributed by atoms with E-state index in [1.54, 1.807) is 35.6 Å². The summed E-state index contributed by atoms with van der Waals surface area (Å²) in [7, 11) is 1.73. The minimum absolute atomic E-state index is 0.219. The maximum atomic E-state index is 12.9. The van der Waals surface area contributed by atoms with Crippen molar-refractivity contribution in [3.05, 3.63) is 42.9 Å². The third-order valence-electron chi connectivity index (χ3n) is 3.76. The highest BCUT2D eigenvalue weighted by atomic mass is 32.2. The standard InChI is InChI=1S/C18H17F3N4OS/c1-4-6-26-11-7-14(27-5-2)16(23-9-11)17-24-12-8-15(18(19,20)21)22-10-13(12)25(17)3/h4,7-10H,1,5-6H2,2-3H3. The van der Waals surface area contributed by atoms with E-state index in [4.69, 9.17) is 4.74 Å². The fourth-order valence-corrected chi connectivity index (χ4v) is 3.34. The van der Waals surface area contributed by atoms with E-state index in [0.29, 0.717) is 29.4 Å². The monoisotopic (exact) mass is 394 g/mol. The zero-order valence-electron chi connectivity index (χ0n) is 14.7. The number of halogens is 3. The Balaban J connectivity index is 2.10. The third kappa shape index (κ3) is 3.92. The van der Waals surface area contributed by atoms with Gasteiger partial charge >= 0.3 is 6.18 Å². The van der Waals surface area contributed by atoms with E-state index in [2.05, 4.69) is 21.5 Å². The molecule has 9 heteroatoms. The number of hydrogen-bond acceptors (Lipinski definition) is 5. The summed E-state index contributed by atoms with van der Waals surface area (Å²) in [6.45, 7) is 5.97. The summed E-state index contributed by atoms with van der Waals surface area (Å²) in [5.74, 6) is 1.86. The molecule has 0 aliphatic rings. The van der Waals surface area contributed by atoms with Crippen LogP contribution in [0.15, 0.2) is 42.1 Å². The Morgan fingerprint density at radius 1 is 1.26 bits per heavy atom. The van der Waals surface area contributed by atoms with E-state index in [9.17, 15) is 13.2 Å². The molecular weight excluding hydrogens is 377 g/mol. The molecule has 3 aromatic heterocycles. The first-order valence-corrected chi connectivity index (χ1v) is 9.10. The minimum atomic E-state index is -4.52. The predicted molar refractivity (Wildman–Crippen MR) is 98.8 cm³/mol. The molecule has 0 bridgehead atoms. The summed E-state index contributed by atoms with van der Waals surface area (Å²) in [6, 6.07) is 2.80. The normalized spacial score (nSPS) is 11.7. The van der Waals surface area contributed by atoms with Crippen LogP contribution in [-0.4, -0.2) is 31.9 Å². The van der Waals surface area contributed by atoms with Crippen molar-refractivity contribution in [2.75, 3.05) is 12.4 Å². The molecular formula is C18H17F3N4OS. The molecule has 3 rings (SSSR count). The average molecular weight is 394 g/mol. The van der Waals surface area contributed by atoms with E-state index in [0.717, 1.165) is 16.7 Å². The van der Waals surface area contributed by atoms with Crippen molar-refractivity contribution >= 4 is 22.8 Å². The van der Waals surface area contributed by atoms with Crippen molar-refractivity contribution in [2.24, 2.45) is 7.05 Å². The Morgan fingerprint density at radius 2 is 2.04 bits per heavy atom. The van der Waals surface area contributed by atoms with Gasteiger partial charge in [0.1, 0.15) is 23.7 Å². The molecule has 0 saturated carbocycles. The molecule has 3 aromatic rings. The minimum Gasteiger partial charge on any atom is -0.488 e. The molecule has 5 nitrogen and oxygen atoms in total. The van der Waals surface area contributed by atoms with Gasteiger partial charge in [-0.25, -0.2) is 15.0 Å². The molecule has 0 amide bonds. The second kappa shape index (κ2) is 7.59. The fraction of sp³-hybridized carbons (Fsp3) is 0.278. The van der Waals surface area contributed by atoms with E-state index in [1.807, 2.05) is 13.0 Å². The van der Waals surface area contributed by atoms with E-state index in [1.165, 1.54) is 6.20 Å². The summed E-state index contributed by atoms with van der Waals surface area (Å²) >= 11 is 1.55. The van der Waals surface area contributed by atoms with Gasteiger partial charge in [0.15, 0.2) is 5.82 Å². The van der Waals surface area contributed by atoms with Crippen LogP contribution < -0.4 is 4.74 Å². The van der Waals surface area contributed by atoms with Crippen LogP contribution >= 0.6 is 11.8 Å². The van der Waals surface area contributed by atoms with Crippen LogP contribution in [0.5, 0.6) is 5.75 Å². The van der Waals surface area contributed by atoms with Crippen molar-refractivity contribution in [3.8, 4) is 17.3 Å². The summed E-state index contributed by atoms with van der Waals surface area (Å²) in [5, 5.41) is 0. The van der Waals surface area contributed by atoms with Crippen LogP contribution in [0.25, 0.3) is 22.6 Å². The van der Waals surface area contributed by atoms with Gasteiger partial charge in [0.2, 0.25) is 0 Å². The summed E-state index contributed by atoms with van der Waals surface area (Å²) < 4.78 is 46.0. The second-order valence-electron chi connectivity index (χ2n) is 5.60. The Kier molecular flexibility index (Phi) is 5.41. The van der Waals surface area contributed by atoms with Crippen molar-refractivity contribution in [1.82, 2.24) is 19.5 Å². The number of rotatable bonds is 6. The van der Waals surface area contributed by atoms with Gasteiger partial charge in [0, 0.05) is 11.9 Å². The Hall–Kier alpha value is -2.55. The molecule has 0 spiro atoms. The number of hydrogen-bond donors (Lipinski definition) is 0. The van der Waals surface area contributed by atoms with Crippen molar-refractivity contribution in [2.45, 2.75) is 18.0 Å². The number of alkyl halides is 3. The Labute approximate surface area is 158 Å². The number of imidazole rings is 1. The van der Waals surface area contributed by atoms with Gasteiger partial charge in [0.25, 0.3) is 0 Å². The molecule has 0 N–H and O–H groups in total. The second-order valence-corrected chi connectivity index (χ2v) is 6.91. The van der Waals surface area contributed by atoms with Crippen molar-refractivity contribution in [3.63, 3.8) is 0 Å². The van der Waals surface area contributed by atoms with Crippen molar-refractivity contribution < 1.29 is 17.9 Å². The Morgan fingerprint density at radius 3 is 2.70 bits per heavy atom. The average Bonchev–Trinajstić information content (AvgIpc) is 2.96. The highest BCUT2D eigenvalue weighted by Gasteiger charge is 2.33. The molecule has 0 aliphatic heterocycles. The SMILES string of the molecule is C=CCOc1cnc(-c2nc3cc(C(F)(F)F)ncc3n2C)c(SCC)c1. The molecule has 0 fully saturated rings. The van der Waals surface area contributed by atoms with Gasteiger partial charge in [-0.3, -0.25) is 0 Å². The number of fused-ring (bicyclic) bond motifs is 1. The number of nitrogens with zero attached hydrogens (tertiary/aromatic N) is 4. The van der Waals surface area contributed by atoms with Crippen LogP contribution in [-0.2, 0) is 13.2 Å². The lowest BCUT2D eigenvalue weighted by atomic mass is 10.3. The highest BCUT2D eigenvalue weighted by Crippen LogP contribution is 2.34. The lowest BCUT2D eigenvalue weighted by Gasteiger charge is -2.10. The zero-order valence-corrected chi connectivity index (χ0v) is 15.6. The molecule has 0 aromatic carbocycles. The summed E-state index contributed by atoms with van der Waals surface area (Å²) in [6.07, 6.45) is -0.130. The van der Waals surface area contributed by atoms with Gasteiger partial charge in [-0.15, -0.1) is 11.8 Å². The number of aromatic nitrogens is 4. The summed E-state index contributed by atoms with van der Waals surface area (Å²) in [4.78, 5) is 13.2. The van der Waals surface area contributed by atoms with Crippen LogP contribution in [0, 0.1) is 0 Å². The van der Waals surface area contributed by atoms with E-state index in [-0.39, 0.29) is 5.52 Å². The maximum absolute atomic E-state index is 12.9. The van der Waals surface area contributed by atoms with Gasteiger partial charge in [-0.05, 0) is 17.9 Å². The molecule has 0 saturated heterocycles. The summed E-state index contributed by atoms with van der Waals surface area (Å²) in [5.41, 5.74) is 0.333. The van der Waals surface area contributed by atoms with Gasteiger partial charge in [-0.2, -0.15) is 13.2 Å². The molecule has 0 aliphatic carbocycles. The smallest absolute Gasteiger partial charge is 0.433 e. The quantitative estimate of drug-likeness (QED) is 0.447. The van der Waals surface area contributed by atoms with Crippen LogP contribution in [0.4, 0.5) is 13.2 Å². The maximum Gasteiger partial charge on any atom is 0.433 e. The first-order valence-electron chi connectivity index (χ1n) is 8.11. The van der Waals surface area contributed by atoms with E-state index < -0.39 is 11.9 Å². The largest absolute Gasteiger partial charge is 0.488 e. The fourth-order valence-electron chi connectivity index (χ4n) is 2.55.